The molecule has 2 aromatic rings. The molecule has 0 aliphatic heterocycles. The minimum atomic E-state index is -0.714. The Bertz CT molecular complexity index is 869. The first kappa shape index (κ1) is 19.4. The molecule has 0 saturated carbocycles. The van der Waals surface area contributed by atoms with Crippen LogP contribution in [-0.4, -0.2) is 11.8 Å². The van der Waals surface area contributed by atoms with E-state index in [1.807, 2.05) is 32.9 Å². The molecule has 0 aromatic heterocycles. The maximum atomic E-state index is 12.3. The Morgan fingerprint density at radius 3 is 2.41 bits per heavy atom. The highest BCUT2D eigenvalue weighted by Gasteiger charge is 2.20. The molecular formula is C22H25ClN2O2. The third-order valence-corrected chi connectivity index (χ3v) is 5.39. The van der Waals surface area contributed by atoms with Gasteiger partial charge in [-0.15, -0.1) is 0 Å². The van der Waals surface area contributed by atoms with E-state index in [2.05, 4.69) is 22.8 Å². The number of nitrogens with one attached hydrogen (secondary N) is 2. The van der Waals surface area contributed by atoms with E-state index in [4.69, 9.17) is 11.6 Å². The van der Waals surface area contributed by atoms with Crippen molar-refractivity contribution in [3.05, 3.63) is 63.2 Å². The van der Waals surface area contributed by atoms with Gasteiger partial charge in [-0.05, 0) is 80.3 Å². The summed E-state index contributed by atoms with van der Waals surface area (Å²) in [5, 5.41) is 5.84. The van der Waals surface area contributed by atoms with Crippen molar-refractivity contribution in [2.45, 2.75) is 52.5 Å². The second-order valence-electron chi connectivity index (χ2n) is 7.32. The first-order chi connectivity index (χ1) is 12.8. The van der Waals surface area contributed by atoms with Gasteiger partial charge in [0.1, 0.15) is 0 Å². The Labute approximate surface area is 165 Å². The van der Waals surface area contributed by atoms with Gasteiger partial charge in [0.15, 0.2) is 0 Å². The van der Waals surface area contributed by atoms with Crippen molar-refractivity contribution in [2.75, 3.05) is 5.32 Å². The second-order valence-corrected chi connectivity index (χ2v) is 7.73. The number of carbonyl (C=O) groups excluding carboxylic acids is 2. The van der Waals surface area contributed by atoms with Gasteiger partial charge >= 0.3 is 11.8 Å². The first-order valence-corrected chi connectivity index (χ1v) is 9.73. The summed E-state index contributed by atoms with van der Waals surface area (Å²) < 4.78 is 0. The number of aryl methyl sites for hydroxylation is 4. The monoisotopic (exact) mass is 384 g/mol. The Kier molecular flexibility index (Phi) is 5.85. The number of benzene rings is 2. The van der Waals surface area contributed by atoms with E-state index in [1.54, 1.807) is 6.07 Å². The predicted octanol–water partition coefficient (Wildman–Crippen LogP) is 4.65. The molecule has 0 radical (unpaired) electrons. The smallest absolute Gasteiger partial charge is 0.313 e. The molecule has 142 valence electrons. The Hall–Kier alpha value is -2.33. The standard InChI is InChI=1S/C22H25ClN2O2/c1-13-10-14(2)20(19(23)11-13)25-22(27)21(26)24-15(3)17-9-8-16-6-4-5-7-18(16)12-17/h8-12,15H,4-7H2,1-3H3,(H,24,26)(H,25,27). The average Bonchev–Trinajstić information content (AvgIpc) is 2.63. The normalized spacial score (nSPS) is 14.2. The van der Waals surface area contributed by atoms with E-state index in [1.165, 1.54) is 24.0 Å². The lowest BCUT2D eigenvalue weighted by Gasteiger charge is -2.20. The molecule has 0 heterocycles. The van der Waals surface area contributed by atoms with Gasteiger partial charge in [0.25, 0.3) is 0 Å². The molecule has 0 spiro atoms. The zero-order valence-corrected chi connectivity index (χ0v) is 16.7. The molecule has 2 amide bonds. The van der Waals surface area contributed by atoms with Crippen LogP contribution in [0.5, 0.6) is 0 Å². The van der Waals surface area contributed by atoms with Crippen LogP contribution >= 0.6 is 11.6 Å². The van der Waals surface area contributed by atoms with Crippen molar-refractivity contribution in [1.29, 1.82) is 0 Å². The second kappa shape index (κ2) is 8.13. The molecule has 0 saturated heterocycles. The lowest BCUT2D eigenvalue weighted by atomic mass is 9.89. The summed E-state index contributed by atoms with van der Waals surface area (Å²) in [6, 6.07) is 9.76. The lowest BCUT2D eigenvalue weighted by Crippen LogP contribution is -2.37. The Morgan fingerprint density at radius 1 is 1.00 bits per heavy atom. The third kappa shape index (κ3) is 4.51. The van der Waals surface area contributed by atoms with Gasteiger partial charge in [0, 0.05) is 0 Å². The van der Waals surface area contributed by atoms with Crippen molar-refractivity contribution in [3.63, 3.8) is 0 Å². The van der Waals surface area contributed by atoms with Gasteiger partial charge in [-0.2, -0.15) is 0 Å². The number of rotatable bonds is 3. The van der Waals surface area contributed by atoms with Gasteiger partial charge in [-0.1, -0.05) is 35.9 Å². The molecule has 3 rings (SSSR count). The zero-order valence-electron chi connectivity index (χ0n) is 16.0. The Morgan fingerprint density at radius 2 is 1.70 bits per heavy atom. The van der Waals surface area contributed by atoms with Crippen molar-refractivity contribution in [2.24, 2.45) is 0 Å². The molecule has 0 fully saturated rings. The average molecular weight is 385 g/mol. The molecule has 4 nitrogen and oxygen atoms in total. The van der Waals surface area contributed by atoms with E-state index in [0.717, 1.165) is 29.5 Å². The van der Waals surface area contributed by atoms with E-state index < -0.39 is 11.8 Å². The summed E-state index contributed by atoms with van der Waals surface area (Å²) in [6.45, 7) is 5.67. The SMILES string of the molecule is Cc1cc(C)c(NC(=O)C(=O)NC(C)c2ccc3c(c2)CCCC3)c(Cl)c1. The van der Waals surface area contributed by atoms with Crippen LogP contribution in [0.3, 0.4) is 0 Å². The van der Waals surface area contributed by atoms with Crippen LogP contribution in [0, 0.1) is 13.8 Å². The van der Waals surface area contributed by atoms with Crippen LogP contribution in [0.4, 0.5) is 5.69 Å². The fourth-order valence-corrected chi connectivity index (χ4v) is 3.98. The number of carbonyl (C=O) groups is 2. The maximum Gasteiger partial charge on any atom is 0.313 e. The van der Waals surface area contributed by atoms with Crippen molar-refractivity contribution >= 4 is 29.1 Å². The lowest BCUT2D eigenvalue weighted by molar-refractivity contribution is -0.136. The molecule has 1 aliphatic carbocycles. The molecule has 2 N–H and O–H groups in total. The first-order valence-electron chi connectivity index (χ1n) is 9.35. The third-order valence-electron chi connectivity index (χ3n) is 5.10. The van der Waals surface area contributed by atoms with E-state index in [0.29, 0.717) is 10.7 Å². The highest BCUT2D eigenvalue weighted by Crippen LogP contribution is 2.27. The van der Waals surface area contributed by atoms with E-state index in [9.17, 15) is 9.59 Å². The van der Waals surface area contributed by atoms with Crippen LogP contribution in [0.25, 0.3) is 0 Å². The van der Waals surface area contributed by atoms with Crippen LogP contribution in [0.1, 0.15) is 53.6 Å². The zero-order chi connectivity index (χ0) is 19.6. The highest BCUT2D eigenvalue weighted by molar-refractivity contribution is 6.41. The van der Waals surface area contributed by atoms with Gasteiger partial charge < -0.3 is 10.6 Å². The summed E-state index contributed by atoms with van der Waals surface area (Å²) in [6.07, 6.45) is 4.64. The van der Waals surface area contributed by atoms with Gasteiger partial charge in [0.05, 0.1) is 16.8 Å². The minimum Gasteiger partial charge on any atom is -0.341 e. The summed E-state index contributed by atoms with van der Waals surface area (Å²) in [4.78, 5) is 24.7. The summed E-state index contributed by atoms with van der Waals surface area (Å²) in [7, 11) is 0. The van der Waals surface area contributed by atoms with Crippen LogP contribution in [-0.2, 0) is 22.4 Å². The van der Waals surface area contributed by atoms with E-state index in [-0.39, 0.29) is 6.04 Å². The number of amides is 2. The van der Waals surface area contributed by atoms with Crippen molar-refractivity contribution in [1.82, 2.24) is 5.32 Å². The van der Waals surface area contributed by atoms with Crippen LogP contribution in [0.2, 0.25) is 5.02 Å². The molecule has 1 aliphatic rings. The topological polar surface area (TPSA) is 58.2 Å². The summed E-state index contributed by atoms with van der Waals surface area (Å²) >= 11 is 6.21. The number of hydrogen-bond donors (Lipinski definition) is 2. The Balaban J connectivity index is 1.67. The van der Waals surface area contributed by atoms with Crippen molar-refractivity contribution in [3.8, 4) is 0 Å². The molecular weight excluding hydrogens is 360 g/mol. The number of anilines is 1. The highest BCUT2D eigenvalue weighted by atomic mass is 35.5. The fraction of sp³-hybridized carbons (Fsp3) is 0.364. The molecule has 1 atom stereocenters. The fourth-order valence-electron chi connectivity index (χ4n) is 3.61. The molecule has 0 bridgehead atoms. The molecule has 2 aromatic carbocycles. The number of hydrogen-bond acceptors (Lipinski definition) is 2. The van der Waals surface area contributed by atoms with Crippen LogP contribution in [0.15, 0.2) is 30.3 Å². The van der Waals surface area contributed by atoms with Gasteiger partial charge in [-0.25, -0.2) is 0 Å². The molecule has 5 heteroatoms. The predicted molar refractivity (Wildman–Crippen MR) is 109 cm³/mol. The van der Waals surface area contributed by atoms with Gasteiger partial charge in [-0.3, -0.25) is 9.59 Å². The molecule has 27 heavy (non-hydrogen) atoms. The van der Waals surface area contributed by atoms with Crippen molar-refractivity contribution < 1.29 is 9.59 Å². The van der Waals surface area contributed by atoms with Gasteiger partial charge in [0.2, 0.25) is 0 Å². The molecule has 1 unspecified atom stereocenters. The largest absolute Gasteiger partial charge is 0.341 e. The van der Waals surface area contributed by atoms with E-state index >= 15 is 0 Å². The quantitative estimate of drug-likeness (QED) is 0.756. The summed E-state index contributed by atoms with van der Waals surface area (Å²) in [5.41, 5.74) is 6.06. The summed E-state index contributed by atoms with van der Waals surface area (Å²) in [5.74, 6) is -1.38. The minimum absolute atomic E-state index is 0.245. The maximum absolute atomic E-state index is 12.3. The van der Waals surface area contributed by atoms with Crippen LogP contribution < -0.4 is 10.6 Å². The number of fused-ring (bicyclic) bond motifs is 1. The number of halogens is 1.